The van der Waals surface area contributed by atoms with E-state index in [-0.39, 0.29) is 0 Å². The lowest BCUT2D eigenvalue weighted by Crippen LogP contribution is -2.05. The molecule has 14 aromatic rings. The number of pyridine rings is 1. The maximum Gasteiger partial charge on any atom is 0.164 e. The molecule has 0 atom stereocenters. The Morgan fingerprint density at radius 1 is 0.366 bits per heavy atom. The summed E-state index contributed by atoms with van der Waals surface area (Å²) in [5, 5.41) is 18.4. The average Bonchev–Trinajstić information content (AvgIpc) is 4.10. The molecular weight excluding hydrogens is 869 g/mol. The van der Waals surface area contributed by atoms with Crippen LogP contribution in [0.15, 0.2) is 231 Å². The third kappa shape index (κ3) is 6.31. The molecule has 0 aliphatic rings. The number of nitriles is 1. The van der Waals surface area contributed by atoms with Gasteiger partial charge in [0.05, 0.1) is 50.0 Å². The second-order valence-electron chi connectivity index (χ2n) is 17.7. The molecule has 0 radical (unpaired) electrons. The largest absolute Gasteiger partial charge is 0.309 e. The predicted molar refractivity (Wildman–Crippen MR) is 287 cm³/mol. The van der Waals surface area contributed by atoms with Crippen LogP contribution in [-0.4, -0.2) is 33.6 Å². The summed E-state index contributed by atoms with van der Waals surface area (Å²) in [6.07, 6.45) is 1.87. The molecule has 0 spiro atoms. The summed E-state index contributed by atoms with van der Waals surface area (Å²) in [5.41, 5.74) is 13.3. The molecule has 0 saturated heterocycles. The molecule has 0 saturated carbocycles. The van der Waals surface area contributed by atoms with Crippen molar-refractivity contribution in [3.8, 4) is 68.6 Å². The molecule has 8 nitrogen and oxygen atoms in total. The smallest absolute Gasteiger partial charge is 0.164 e. The van der Waals surface area contributed by atoms with Gasteiger partial charge in [-0.15, -0.1) is 0 Å². The van der Waals surface area contributed by atoms with Gasteiger partial charge in [0.2, 0.25) is 0 Å². The summed E-state index contributed by atoms with van der Waals surface area (Å²) in [6.45, 7) is 0. The van der Waals surface area contributed by atoms with Crippen molar-refractivity contribution in [1.82, 2.24) is 33.6 Å². The van der Waals surface area contributed by atoms with Gasteiger partial charge in [-0.1, -0.05) is 158 Å². The molecule has 0 amide bonds. The van der Waals surface area contributed by atoms with Crippen molar-refractivity contribution in [1.29, 1.82) is 5.26 Å². The molecule has 0 unspecified atom stereocenters. The van der Waals surface area contributed by atoms with E-state index in [0.29, 0.717) is 40.0 Å². The SMILES string of the molecule is N#Cc1cc(-c2nc(-c3ccccc3)nc(-c3ccccc3)n2)cc(-c2cc(-n3c4ccccc4c4ccccc43)ccn2)c1-n1c2ccccc2c2c1ccc1c3ccccc3n(-c3ccccc3)c12. The third-order valence-corrected chi connectivity index (χ3v) is 13.8. The molecule has 71 heavy (non-hydrogen) atoms. The van der Waals surface area contributed by atoms with Crippen LogP contribution >= 0.6 is 0 Å². The number of rotatable bonds is 7. The Kier molecular flexibility index (Phi) is 9.09. The van der Waals surface area contributed by atoms with Crippen molar-refractivity contribution in [2.45, 2.75) is 0 Å². The van der Waals surface area contributed by atoms with E-state index in [2.05, 4.69) is 177 Å². The van der Waals surface area contributed by atoms with Gasteiger partial charge < -0.3 is 13.7 Å². The zero-order valence-electron chi connectivity index (χ0n) is 38.0. The molecule has 0 N–H and O–H groups in total. The lowest BCUT2D eigenvalue weighted by molar-refractivity contribution is 1.07. The van der Waals surface area contributed by atoms with E-state index in [9.17, 15) is 5.26 Å². The fraction of sp³-hybridized carbons (Fsp3) is 0. The van der Waals surface area contributed by atoms with E-state index >= 15 is 0 Å². The Hall–Kier alpha value is -9.97. The monoisotopic (exact) mass is 906 g/mol. The lowest BCUT2D eigenvalue weighted by atomic mass is 9.98. The molecule has 0 aliphatic carbocycles. The van der Waals surface area contributed by atoms with Crippen LogP contribution < -0.4 is 0 Å². The summed E-state index contributed by atoms with van der Waals surface area (Å²) in [4.78, 5) is 20.5. The average molecular weight is 907 g/mol. The van der Waals surface area contributed by atoms with Crippen LogP contribution in [0.4, 0.5) is 0 Å². The van der Waals surface area contributed by atoms with Gasteiger partial charge in [0.1, 0.15) is 6.07 Å². The summed E-state index contributed by atoms with van der Waals surface area (Å²) >= 11 is 0. The zero-order valence-corrected chi connectivity index (χ0v) is 38.0. The number of aromatic nitrogens is 7. The summed E-state index contributed by atoms with van der Waals surface area (Å²) in [6, 6.07) is 80.0. The van der Waals surface area contributed by atoms with Gasteiger partial charge in [-0.3, -0.25) is 4.98 Å². The van der Waals surface area contributed by atoms with Crippen LogP contribution in [0.2, 0.25) is 0 Å². The van der Waals surface area contributed by atoms with Crippen molar-refractivity contribution in [3.63, 3.8) is 0 Å². The van der Waals surface area contributed by atoms with E-state index in [0.717, 1.165) is 77.3 Å². The van der Waals surface area contributed by atoms with Crippen molar-refractivity contribution in [2.24, 2.45) is 0 Å². The molecule has 5 aromatic heterocycles. The maximum absolute atomic E-state index is 11.6. The van der Waals surface area contributed by atoms with E-state index in [4.69, 9.17) is 19.9 Å². The van der Waals surface area contributed by atoms with Crippen LogP contribution in [-0.2, 0) is 0 Å². The highest BCUT2D eigenvalue weighted by Gasteiger charge is 2.26. The number of hydrogen-bond acceptors (Lipinski definition) is 5. The highest BCUT2D eigenvalue weighted by Crippen LogP contribution is 2.45. The number of benzene rings is 9. The first-order valence-electron chi connectivity index (χ1n) is 23.6. The lowest BCUT2D eigenvalue weighted by Gasteiger charge is -2.18. The quantitative estimate of drug-likeness (QED) is 0.159. The molecule has 330 valence electrons. The fourth-order valence-electron chi connectivity index (χ4n) is 10.7. The normalized spacial score (nSPS) is 11.6. The second kappa shape index (κ2) is 16.1. The van der Waals surface area contributed by atoms with Crippen molar-refractivity contribution < 1.29 is 0 Å². The molecule has 0 fully saturated rings. The Balaban J connectivity index is 1.10. The van der Waals surface area contributed by atoms with E-state index in [1.165, 1.54) is 16.2 Å². The molecular formula is C63H38N8. The molecule has 8 heteroatoms. The second-order valence-corrected chi connectivity index (χ2v) is 17.7. The predicted octanol–water partition coefficient (Wildman–Crippen LogP) is 15.1. The van der Waals surface area contributed by atoms with Gasteiger partial charge in [-0.2, -0.15) is 5.26 Å². The molecule has 14 rings (SSSR count). The molecule has 0 bridgehead atoms. The first-order valence-corrected chi connectivity index (χ1v) is 23.6. The van der Waals surface area contributed by atoms with E-state index < -0.39 is 0 Å². The van der Waals surface area contributed by atoms with Gasteiger partial charge in [-0.25, -0.2) is 15.0 Å². The molecule has 9 aromatic carbocycles. The van der Waals surface area contributed by atoms with Gasteiger partial charge in [-0.05, 0) is 66.7 Å². The van der Waals surface area contributed by atoms with Crippen molar-refractivity contribution in [2.75, 3.05) is 0 Å². The number of hydrogen-bond donors (Lipinski definition) is 0. The highest BCUT2D eigenvalue weighted by molar-refractivity contribution is 6.26. The maximum atomic E-state index is 11.6. The van der Waals surface area contributed by atoms with Crippen LogP contribution in [0.1, 0.15) is 5.56 Å². The minimum absolute atomic E-state index is 0.441. The number of fused-ring (bicyclic) bond motifs is 10. The topological polar surface area (TPSA) is 90.1 Å². The standard InChI is InChI=1S/C63H38N8/c64-39-43-36-42(63-67-61(40-18-4-1-5-19-40)66-62(68-63)41-20-6-2-7-21-41)37-51(52-38-45(34-35-65-52)69-53-28-14-10-24-46(53)47-25-11-15-29-54(47)69)59(43)71-56-31-17-13-27-50(56)58-57(71)33-32-49-48-26-12-16-30-55(48)70(60(49)58)44-22-8-3-9-23-44/h1-38H. The van der Waals surface area contributed by atoms with Gasteiger partial charge >= 0.3 is 0 Å². The van der Waals surface area contributed by atoms with E-state index in [1.807, 2.05) is 72.9 Å². The first kappa shape index (κ1) is 40.1. The summed E-state index contributed by atoms with van der Waals surface area (Å²) in [5.74, 6) is 1.51. The van der Waals surface area contributed by atoms with Gasteiger partial charge in [0.25, 0.3) is 0 Å². The zero-order chi connectivity index (χ0) is 47.0. The highest BCUT2D eigenvalue weighted by atomic mass is 15.0. The van der Waals surface area contributed by atoms with Gasteiger partial charge in [0, 0.05) is 72.1 Å². The van der Waals surface area contributed by atoms with Crippen LogP contribution in [0.5, 0.6) is 0 Å². The van der Waals surface area contributed by atoms with E-state index in [1.54, 1.807) is 0 Å². The minimum atomic E-state index is 0.441. The Bertz CT molecular complexity index is 4350. The van der Waals surface area contributed by atoms with Gasteiger partial charge in [0.15, 0.2) is 17.5 Å². The summed E-state index contributed by atoms with van der Waals surface area (Å²) < 4.78 is 6.95. The van der Waals surface area contributed by atoms with Crippen molar-refractivity contribution >= 4 is 65.4 Å². The third-order valence-electron chi connectivity index (χ3n) is 13.8. The van der Waals surface area contributed by atoms with Crippen LogP contribution in [0.25, 0.3) is 128 Å². The number of para-hydroxylation sites is 5. The van der Waals surface area contributed by atoms with Crippen LogP contribution in [0, 0.1) is 11.3 Å². The summed E-state index contributed by atoms with van der Waals surface area (Å²) in [7, 11) is 0. The first-order chi connectivity index (χ1) is 35.2. The number of nitrogens with zero attached hydrogens (tertiary/aromatic N) is 8. The van der Waals surface area contributed by atoms with Crippen molar-refractivity contribution in [3.05, 3.63) is 236 Å². The Labute approximate surface area is 407 Å². The Morgan fingerprint density at radius 2 is 0.859 bits per heavy atom. The fourth-order valence-corrected chi connectivity index (χ4v) is 10.7. The molecule has 5 heterocycles. The van der Waals surface area contributed by atoms with Crippen LogP contribution in [0.3, 0.4) is 0 Å². The minimum Gasteiger partial charge on any atom is -0.309 e. The Morgan fingerprint density at radius 3 is 1.45 bits per heavy atom. The molecule has 0 aliphatic heterocycles.